The molecule has 0 aliphatic rings. The molecule has 0 unspecified atom stereocenters. The Morgan fingerprint density at radius 1 is 1.04 bits per heavy atom. The number of hydrogen-bond acceptors (Lipinski definition) is 3. The highest BCUT2D eigenvalue weighted by Crippen LogP contribution is 2.31. The fourth-order valence-corrected chi connectivity index (χ4v) is 3.38. The molecule has 126 valence electrons. The molecule has 3 aromatic rings. The summed E-state index contributed by atoms with van der Waals surface area (Å²) in [7, 11) is 0. The molecule has 4 heteroatoms. The van der Waals surface area contributed by atoms with E-state index in [-0.39, 0.29) is 5.91 Å². The summed E-state index contributed by atoms with van der Waals surface area (Å²) >= 11 is 1.73. The quantitative estimate of drug-likeness (QED) is 0.496. The lowest BCUT2D eigenvalue weighted by molar-refractivity contribution is -0.129. The van der Waals surface area contributed by atoms with Crippen LogP contribution in [0.2, 0.25) is 0 Å². The Bertz CT molecular complexity index is 891. The fourth-order valence-electron chi connectivity index (χ4n) is 2.50. The highest BCUT2D eigenvalue weighted by Gasteiger charge is 2.05. The molecule has 1 amide bonds. The lowest BCUT2D eigenvalue weighted by Gasteiger charge is -2.09. The molecule has 0 saturated carbocycles. The first-order valence-corrected chi connectivity index (χ1v) is 8.87. The normalized spacial score (nSPS) is 11.1. The van der Waals surface area contributed by atoms with E-state index in [0.717, 1.165) is 16.3 Å². The van der Waals surface area contributed by atoms with Gasteiger partial charge in [-0.15, -0.1) is 0 Å². The molecule has 0 saturated heterocycles. The summed E-state index contributed by atoms with van der Waals surface area (Å²) in [6.45, 7) is 2.11. The maximum Gasteiger partial charge on any atom is 0.267 e. The molecule has 0 aliphatic carbocycles. The second-order valence-electron chi connectivity index (χ2n) is 5.47. The Labute approximate surface area is 151 Å². The first-order chi connectivity index (χ1) is 12.3. The molecule has 0 aliphatic heterocycles. The Balaban J connectivity index is 1.79. The number of carbonyl (C=O) groups is 1. The highest BCUT2D eigenvalue weighted by molar-refractivity contribution is 7.99. The molecular formula is C21H19NO2S. The molecule has 3 aromatic carbocycles. The Morgan fingerprint density at radius 2 is 1.88 bits per heavy atom. The predicted octanol–water partition coefficient (Wildman–Crippen LogP) is 5.11. The largest absolute Gasteiger partial charge is 0.269 e. The molecule has 3 rings (SSSR count). The minimum Gasteiger partial charge on any atom is -0.269 e. The molecule has 1 N–H and O–H groups in total. The van der Waals surface area contributed by atoms with Crippen LogP contribution in [0.15, 0.2) is 88.7 Å². The second-order valence-corrected chi connectivity index (χ2v) is 6.62. The maximum absolute atomic E-state index is 11.4. The minimum absolute atomic E-state index is 0.261. The van der Waals surface area contributed by atoms with Gasteiger partial charge in [0.2, 0.25) is 0 Å². The monoisotopic (exact) mass is 349 g/mol. The number of rotatable bonds is 6. The molecule has 0 heterocycles. The van der Waals surface area contributed by atoms with Crippen molar-refractivity contribution in [2.75, 3.05) is 0 Å². The van der Waals surface area contributed by atoms with Crippen molar-refractivity contribution in [1.29, 1.82) is 0 Å². The summed E-state index contributed by atoms with van der Waals surface area (Å²) in [5.41, 5.74) is 3.46. The predicted molar refractivity (Wildman–Crippen MR) is 102 cm³/mol. The minimum atomic E-state index is -0.261. The van der Waals surface area contributed by atoms with Gasteiger partial charge in [-0.1, -0.05) is 60.3 Å². The van der Waals surface area contributed by atoms with Gasteiger partial charge < -0.3 is 0 Å². The highest BCUT2D eigenvalue weighted by atomic mass is 32.2. The summed E-state index contributed by atoms with van der Waals surface area (Å²) in [6, 6.07) is 22.8. The van der Waals surface area contributed by atoms with Crippen molar-refractivity contribution in [2.24, 2.45) is 0 Å². The number of allylic oxidation sites excluding steroid dienone is 1. The molecular weight excluding hydrogens is 330 g/mol. The van der Waals surface area contributed by atoms with Gasteiger partial charge in [-0.3, -0.25) is 9.63 Å². The van der Waals surface area contributed by atoms with Crippen LogP contribution >= 0.6 is 11.8 Å². The van der Waals surface area contributed by atoms with Gasteiger partial charge in [0, 0.05) is 15.9 Å². The summed E-state index contributed by atoms with van der Waals surface area (Å²) < 4.78 is 0. The number of benzene rings is 3. The Morgan fingerprint density at radius 3 is 2.68 bits per heavy atom. The first kappa shape index (κ1) is 17.3. The summed E-state index contributed by atoms with van der Waals surface area (Å²) in [5.74, 6) is -0.261. The third-order valence-corrected chi connectivity index (χ3v) is 4.64. The van der Waals surface area contributed by atoms with Gasteiger partial charge in [0.05, 0.1) is 0 Å². The van der Waals surface area contributed by atoms with Crippen LogP contribution in [0.25, 0.3) is 10.8 Å². The van der Waals surface area contributed by atoms with E-state index in [1.807, 2.05) is 30.3 Å². The average molecular weight is 349 g/mol. The smallest absolute Gasteiger partial charge is 0.267 e. The van der Waals surface area contributed by atoms with Crippen molar-refractivity contribution in [3.05, 3.63) is 84.4 Å². The maximum atomic E-state index is 11.4. The van der Waals surface area contributed by atoms with E-state index in [1.165, 1.54) is 15.9 Å². The average Bonchev–Trinajstić information content (AvgIpc) is 2.63. The third kappa shape index (κ3) is 4.72. The van der Waals surface area contributed by atoms with E-state index in [1.54, 1.807) is 24.8 Å². The summed E-state index contributed by atoms with van der Waals surface area (Å²) in [4.78, 5) is 19.1. The Kier molecular flexibility index (Phi) is 5.88. The topological polar surface area (TPSA) is 38.3 Å². The third-order valence-electron chi connectivity index (χ3n) is 3.64. The fraction of sp³-hybridized carbons (Fsp3) is 0.0952. The lowest BCUT2D eigenvalue weighted by atomic mass is 10.1. The van der Waals surface area contributed by atoms with Gasteiger partial charge in [-0.25, -0.2) is 5.48 Å². The van der Waals surface area contributed by atoms with Crippen LogP contribution < -0.4 is 5.48 Å². The van der Waals surface area contributed by atoms with E-state index in [4.69, 9.17) is 4.84 Å². The zero-order chi connectivity index (χ0) is 17.5. The van der Waals surface area contributed by atoms with Gasteiger partial charge in [0.15, 0.2) is 0 Å². The van der Waals surface area contributed by atoms with Crippen LogP contribution in [0, 0.1) is 0 Å². The lowest BCUT2D eigenvalue weighted by Crippen LogP contribution is -2.21. The molecule has 0 bridgehead atoms. The molecule has 3 nitrogen and oxygen atoms in total. The number of amides is 1. The van der Waals surface area contributed by atoms with Crippen LogP contribution in [-0.2, 0) is 16.2 Å². The van der Waals surface area contributed by atoms with Crippen LogP contribution in [0.5, 0.6) is 0 Å². The number of nitrogens with one attached hydrogen (secondary N) is 1. The molecule has 0 spiro atoms. The first-order valence-electron chi connectivity index (χ1n) is 8.05. The van der Waals surface area contributed by atoms with Crippen molar-refractivity contribution in [3.63, 3.8) is 0 Å². The molecule has 0 radical (unpaired) electrons. The van der Waals surface area contributed by atoms with Gasteiger partial charge >= 0.3 is 0 Å². The summed E-state index contributed by atoms with van der Waals surface area (Å²) in [6.07, 6.45) is 3.10. The van der Waals surface area contributed by atoms with E-state index < -0.39 is 0 Å². The molecule has 0 aromatic heterocycles. The van der Waals surface area contributed by atoms with E-state index >= 15 is 0 Å². The van der Waals surface area contributed by atoms with Gasteiger partial charge in [0.25, 0.3) is 5.91 Å². The van der Waals surface area contributed by atoms with Gasteiger partial charge in [0.1, 0.15) is 6.61 Å². The number of hydrogen-bond donors (Lipinski definition) is 1. The second kappa shape index (κ2) is 8.51. The van der Waals surface area contributed by atoms with Gasteiger partial charge in [-0.05, 0) is 47.5 Å². The van der Waals surface area contributed by atoms with Crippen molar-refractivity contribution in [2.45, 2.75) is 23.3 Å². The van der Waals surface area contributed by atoms with Crippen molar-refractivity contribution >= 4 is 28.4 Å². The van der Waals surface area contributed by atoms with Crippen LogP contribution in [0.1, 0.15) is 12.5 Å². The van der Waals surface area contributed by atoms with Crippen LogP contribution in [0.4, 0.5) is 0 Å². The number of hydroxylamine groups is 1. The van der Waals surface area contributed by atoms with Crippen molar-refractivity contribution < 1.29 is 9.63 Å². The Hall–Kier alpha value is -2.56. The number of fused-ring (bicyclic) bond motifs is 1. The SMILES string of the molecule is C/C=C/C(=O)NOCc1cccc2ccc(Sc3ccccc3)cc12. The molecule has 25 heavy (non-hydrogen) atoms. The van der Waals surface area contributed by atoms with E-state index in [0.29, 0.717) is 6.61 Å². The zero-order valence-electron chi connectivity index (χ0n) is 13.9. The van der Waals surface area contributed by atoms with Crippen LogP contribution in [-0.4, -0.2) is 5.91 Å². The molecule has 0 atom stereocenters. The molecule has 0 fully saturated rings. The van der Waals surface area contributed by atoms with Crippen molar-refractivity contribution in [1.82, 2.24) is 5.48 Å². The van der Waals surface area contributed by atoms with E-state index in [9.17, 15) is 4.79 Å². The summed E-state index contributed by atoms with van der Waals surface area (Å²) in [5, 5.41) is 2.28. The zero-order valence-corrected chi connectivity index (χ0v) is 14.8. The van der Waals surface area contributed by atoms with Gasteiger partial charge in [-0.2, -0.15) is 0 Å². The number of carbonyl (C=O) groups excluding carboxylic acids is 1. The van der Waals surface area contributed by atoms with E-state index in [2.05, 4.69) is 41.9 Å². The van der Waals surface area contributed by atoms with Crippen LogP contribution in [0.3, 0.4) is 0 Å². The van der Waals surface area contributed by atoms with Crippen molar-refractivity contribution in [3.8, 4) is 0 Å². The standard InChI is InChI=1S/C21H19NO2S/c1-2-7-21(23)22-24-15-17-9-6-8-16-12-13-19(14-20(16)17)25-18-10-4-3-5-11-18/h2-14H,15H2,1H3,(H,22,23)/b7-2+.